The molecular formula is C33H41ClN2O4. The average Bonchev–Trinajstić information content (AvgIpc) is 2.95. The maximum Gasteiger partial charge on any atom is 0.243 e. The molecule has 3 rings (SSSR count). The van der Waals surface area contributed by atoms with Gasteiger partial charge in [0.05, 0.1) is 13.2 Å². The number of hydrogen-bond donors (Lipinski definition) is 1. The second kappa shape index (κ2) is 15.9. The number of ether oxygens (including phenoxy) is 2. The second-order valence-electron chi connectivity index (χ2n) is 9.82. The van der Waals surface area contributed by atoms with E-state index in [1.54, 1.807) is 11.0 Å². The molecule has 0 saturated heterocycles. The molecule has 7 heteroatoms. The fourth-order valence-corrected chi connectivity index (χ4v) is 4.69. The molecule has 0 saturated carbocycles. The third-order valence-corrected chi connectivity index (χ3v) is 6.98. The molecule has 0 heterocycles. The lowest BCUT2D eigenvalue weighted by atomic mass is 10.0. The van der Waals surface area contributed by atoms with Crippen LogP contribution in [0.3, 0.4) is 0 Å². The molecule has 2 unspecified atom stereocenters. The van der Waals surface area contributed by atoms with Crippen LogP contribution in [0.5, 0.6) is 11.5 Å². The molecule has 2 amide bonds. The quantitative estimate of drug-likeness (QED) is 0.225. The van der Waals surface area contributed by atoms with Gasteiger partial charge in [0.2, 0.25) is 11.8 Å². The number of carbonyl (C=O) groups excluding carboxylic acids is 2. The fraction of sp³-hybridized carbons (Fsp3) is 0.394. The Kier molecular flexibility index (Phi) is 12.4. The molecule has 0 aliphatic carbocycles. The minimum absolute atomic E-state index is 0.00487. The molecule has 0 radical (unpaired) electrons. The molecule has 0 spiro atoms. The van der Waals surface area contributed by atoms with E-state index in [0.29, 0.717) is 42.6 Å². The van der Waals surface area contributed by atoms with Gasteiger partial charge in [-0.1, -0.05) is 67.1 Å². The Bertz CT molecular complexity index is 1230. The van der Waals surface area contributed by atoms with Crippen molar-refractivity contribution < 1.29 is 19.1 Å². The maximum absolute atomic E-state index is 13.9. The molecule has 1 N–H and O–H groups in total. The Morgan fingerprint density at radius 3 is 2.23 bits per heavy atom. The summed E-state index contributed by atoms with van der Waals surface area (Å²) in [6.07, 6.45) is 1.95. The average molecular weight is 565 g/mol. The summed E-state index contributed by atoms with van der Waals surface area (Å²) in [6, 6.07) is 22.3. The predicted molar refractivity (Wildman–Crippen MR) is 161 cm³/mol. The summed E-state index contributed by atoms with van der Waals surface area (Å²) in [6.45, 7) is 9.19. The molecule has 0 aliphatic rings. The van der Waals surface area contributed by atoms with Gasteiger partial charge >= 0.3 is 0 Å². The van der Waals surface area contributed by atoms with Gasteiger partial charge in [-0.25, -0.2) is 0 Å². The summed E-state index contributed by atoms with van der Waals surface area (Å²) in [7, 11) is 0. The lowest BCUT2D eigenvalue weighted by molar-refractivity contribution is -0.141. The lowest BCUT2D eigenvalue weighted by Crippen LogP contribution is -2.52. The number of nitrogens with zero attached hydrogens (tertiary/aromatic N) is 1. The van der Waals surface area contributed by atoms with Gasteiger partial charge in [-0.2, -0.15) is 0 Å². The van der Waals surface area contributed by atoms with Crippen molar-refractivity contribution in [2.45, 2.75) is 72.0 Å². The van der Waals surface area contributed by atoms with Gasteiger partial charge in [0.1, 0.15) is 6.04 Å². The maximum atomic E-state index is 13.9. The molecule has 3 aromatic carbocycles. The largest absolute Gasteiger partial charge is 0.490 e. The molecule has 0 fully saturated rings. The first-order chi connectivity index (χ1) is 19.3. The summed E-state index contributed by atoms with van der Waals surface area (Å²) in [5, 5.41) is 3.70. The number of nitrogens with one attached hydrogen (secondary N) is 1. The molecule has 40 heavy (non-hydrogen) atoms. The highest BCUT2D eigenvalue weighted by Crippen LogP contribution is 2.29. The van der Waals surface area contributed by atoms with Crippen LogP contribution < -0.4 is 14.8 Å². The van der Waals surface area contributed by atoms with E-state index in [-0.39, 0.29) is 30.8 Å². The predicted octanol–water partition coefficient (Wildman–Crippen LogP) is 6.62. The van der Waals surface area contributed by atoms with Crippen molar-refractivity contribution in [1.29, 1.82) is 0 Å². The van der Waals surface area contributed by atoms with Crippen LogP contribution in [0, 0.1) is 0 Å². The Hall–Kier alpha value is -3.51. The van der Waals surface area contributed by atoms with Crippen molar-refractivity contribution in [2.75, 3.05) is 13.2 Å². The van der Waals surface area contributed by atoms with Crippen molar-refractivity contribution in [3.05, 3.63) is 94.5 Å². The highest BCUT2D eigenvalue weighted by molar-refractivity contribution is 6.30. The Balaban J connectivity index is 1.91. The van der Waals surface area contributed by atoms with Crippen LogP contribution in [0.1, 0.15) is 57.2 Å². The van der Waals surface area contributed by atoms with Crippen molar-refractivity contribution in [3.8, 4) is 11.5 Å². The number of amides is 2. The van der Waals surface area contributed by atoms with Gasteiger partial charge in [-0.15, -0.1) is 0 Å². The van der Waals surface area contributed by atoms with E-state index in [1.165, 1.54) is 0 Å². The second-order valence-corrected chi connectivity index (χ2v) is 10.3. The van der Waals surface area contributed by atoms with Gasteiger partial charge in [-0.05, 0) is 74.6 Å². The molecule has 0 aliphatic heterocycles. The van der Waals surface area contributed by atoms with Crippen molar-refractivity contribution in [3.63, 3.8) is 0 Å². The van der Waals surface area contributed by atoms with Crippen LogP contribution in [0.25, 0.3) is 0 Å². The normalized spacial score (nSPS) is 12.3. The standard InChI is InChI=1S/C33H41ClN2O4/c1-5-24(4)35-33(38)29(21-25-12-9-8-10-13-25)36(23-27-14-11-15-28(34)20-27)32(37)19-17-26-16-18-30(39-6-2)31(22-26)40-7-3/h8-16,18,20,22,24,29H,5-7,17,19,21,23H2,1-4H3,(H,35,38). The molecular weight excluding hydrogens is 524 g/mol. The third kappa shape index (κ3) is 9.30. The van der Waals surface area contributed by atoms with Crippen LogP contribution in [-0.2, 0) is 29.0 Å². The molecule has 2 atom stereocenters. The topological polar surface area (TPSA) is 67.9 Å². The minimum Gasteiger partial charge on any atom is -0.490 e. The SMILES string of the molecule is CCOc1ccc(CCC(=O)N(Cc2cccc(Cl)c2)C(Cc2ccccc2)C(=O)NC(C)CC)cc1OCC. The van der Waals surface area contributed by atoms with Crippen LogP contribution >= 0.6 is 11.6 Å². The first-order valence-corrected chi connectivity index (χ1v) is 14.5. The number of carbonyl (C=O) groups is 2. The van der Waals surface area contributed by atoms with Crippen molar-refractivity contribution in [1.82, 2.24) is 10.2 Å². The van der Waals surface area contributed by atoms with Gasteiger partial charge in [-0.3, -0.25) is 9.59 Å². The first-order valence-electron chi connectivity index (χ1n) is 14.1. The number of halogens is 1. The van der Waals surface area contributed by atoms with Crippen molar-refractivity contribution in [2.24, 2.45) is 0 Å². The van der Waals surface area contributed by atoms with Crippen LogP contribution in [0.15, 0.2) is 72.8 Å². The van der Waals surface area contributed by atoms with E-state index in [4.69, 9.17) is 21.1 Å². The summed E-state index contributed by atoms with van der Waals surface area (Å²) in [5.74, 6) is 1.09. The smallest absolute Gasteiger partial charge is 0.243 e. The van der Waals surface area contributed by atoms with Crippen LogP contribution in [-0.4, -0.2) is 42.0 Å². The number of aryl methyl sites for hydroxylation is 1. The highest BCUT2D eigenvalue weighted by atomic mass is 35.5. The van der Waals surface area contributed by atoms with E-state index in [0.717, 1.165) is 23.1 Å². The summed E-state index contributed by atoms with van der Waals surface area (Å²) in [5.41, 5.74) is 2.82. The Morgan fingerprint density at radius 2 is 1.55 bits per heavy atom. The highest BCUT2D eigenvalue weighted by Gasteiger charge is 2.31. The monoisotopic (exact) mass is 564 g/mol. The molecule has 0 aromatic heterocycles. The zero-order chi connectivity index (χ0) is 28.9. The minimum atomic E-state index is -0.679. The van der Waals surface area contributed by atoms with Crippen LogP contribution in [0.2, 0.25) is 5.02 Å². The first kappa shape index (κ1) is 31.0. The van der Waals surface area contributed by atoms with Gasteiger partial charge < -0.3 is 19.7 Å². The molecule has 6 nitrogen and oxygen atoms in total. The van der Waals surface area contributed by atoms with Gasteiger partial charge in [0, 0.05) is 30.5 Å². The van der Waals surface area contributed by atoms with Gasteiger partial charge in [0.15, 0.2) is 11.5 Å². The molecule has 214 valence electrons. The van der Waals surface area contributed by atoms with Gasteiger partial charge in [0.25, 0.3) is 0 Å². The van der Waals surface area contributed by atoms with Crippen molar-refractivity contribution >= 4 is 23.4 Å². The van der Waals surface area contributed by atoms with E-state index in [1.807, 2.05) is 94.4 Å². The fourth-order valence-electron chi connectivity index (χ4n) is 4.47. The summed E-state index contributed by atoms with van der Waals surface area (Å²) in [4.78, 5) is 29.3. The zero-order valence-electron chi connectivity index (χ0n) is 24.0. The third-order valence-electron chi connectivity index (χ3n) is 6.75. The summed E-state index contributed by atoms with van der Waals surface area (Å²) < 4.78 is 11.5. The van der Waals surface area contributed by atoms with E-state index in [9.17, 15) is 9.59 Å². The van der Waals surface area contributed by atoms with Crippen LogP contribution in [0.4, 0.5) is 0 Å². The lowest BCUT2D eigenvalue weighted by Gasteiger charge is -2.32. The number of hydrogen-bond acceptors (Lipinski definition) is 4. The zero-order valence-corrected chi connectivity index (χ0v) is 24.7. The molecule has 3 aromatic rings. The number of benzene rings is 3. The van der Waals surface area contributed by atoms with E-state index in [2.05, 4.69) is 5.32 Å². The Morgan fingerprint density at radius 1 is 0.850 bits per heavy atom. The number of rotatable bonds is 15. The molecule has 0 bridgehead atoms. The van der Waals surface area contributed by atoms with E-state index < -0.39 is 6.04 Å². The Labute approximate surface area is 243 Å². The van der Waals surface area contributed by atoms with E-state index >= 15 is 0 Å². The summed E-state index contributed by atoms with van der Waals surface area (Å²) >= 11 is 6.28.